The van der Waals surface area contributed by atoms with Crippen molar-refractivity contribution in [1.29, 1.82) is 0 Å². The average molecular weight is 472 g/mol. The predicted octanol–water partition coefficient (Wildman–Crippen LogP) is 5.68. The molecule has 4 fully saturated rings. The fraction of sp³-hybridized carbons (Fsp3) is 1.00. The summed E-state index contributed by atoms with van der Waals surface area (Å²) >= 11 is 6.05. The zero-order valence-electron chi connectivity index (χ0n) is 10.4. The standard InChI is InChI=1S/C14H22I2Si/c15-17(16,13-7-9-1-3-11(13)5-9)14-8-10-2-4-12(14)6-10/h9-14H,1-8H2. The molecule has 0 amide bonds. The Labute approximate surface area is 132 Å². The Kier molecular flexibility index (Phi) is 3.17. The molecule has 0 aromatic carbocycles. The van der Waals surface area contributed by atoms with Crippen LogP contribution in [0.2, 0.25) is 11.1 Å². The molecule has 0 aromatic rings. The highest BCUT2D eigenvalue weighted by atomic mass is 127. The third-order valence-corrected chi connectivity index (χ3v) is 19.5. The van der Waals surface area contributed by atoms with Gasteiger partial charge in [-0.05, 0) is 60.4 Å². The Morgan fingerprint density at radius 1 is 0.647 bits per heavy atom. The lowest BCUT2D eigenvalue weighted by atomic mass is 9.99. The highest BCUT2D eigenvalue weighted by Crippen LogP contribution is 2.67. The molecule has 4 aliphatic rings. The summed E-state index contributed by atoms with van der Waals surface area (Å²) in [5.41, 5.74) is 2.40. The van der Waals surface area contributed by atoms with Crippen molar-refractivity contribution >= 4 is 46.7 Å². The lowest BCUT2D eigenvalue weighted by Crippen LogP contribution is -2.37. The van der Waals surface area contributed by atoms with E-state index in [0.29, 0.717) is 0 Å². The summed E-state index contributed by atoms with van der Waals surface area (Å²) in [6.45, 7) is 0. The van der Waals surface area contributed by atoms with Crippen LogP contribution in [0.25, 0.3) is 0 Å². The molecule has 0 nitrogen and oxygen atoms in total. The maximum atomic E-state index is 3.02. The van der Waals surface area contributed by atoms with Crippen molar-refractivity contribution < 1.29 is 0 Å². The van der Waals surface area contributed by atoms with Crippen molar-refractivity contribution in [2.45, 2.75) is 62.4 Å². The van der Waals surface area contributed by atoms with Gasteiger partial charge in [0.25, 0.3) is 0 Å². The van der Waals surface area contributed by atoms with Crippen molar-refractivity contribution in [3.63, 3.8) is 0 Å². The second kappa shape index (κ2) is 4.33. The number of halogens is 2. The van der Waals surface area contributed by atoms with Crippen LogP contribution in [0.5, 0.6) is 0 Å². The van der Waals surface area contributed by atoms with Gasteiger partial charge in [-0.2, -0.15) is 0 Å². The smallest absolute Gasteiger partial charge is 0.104 e. The first-order chi connectivity index (χ1) is 8.14. The largest absolute Gasteiger partial charge is 0.198 e. The predicted molar refractivity (Wildman–Crippen MR) is 92.2 cm³/mol. The quantitative estimate of drug-likeness (QED) is 0.276. The zero-order valence-corrected chi connectivity index (χ0v) is 15.7. The Bertz CT molecular complexity index is 300. The minimum Gasteiger partial charge on any atom is -0.104 e. The van der Waals surface area contributed by atoms with E-state index in [2.05, 4.69) is 43.6 Å². The van der Waals surface area contributed by atoms with E-state index < -0.39 is 3.07 Å². The molecule has 4 rings (SSSR count). The van der Waals surface area contributed by atoms with E-state index >= 15 is 0 Å². The van der Waals surface area contributed by atoms with Crippen LogP contribution in [0.4, 0.5) is 0 Å². The fourth-order valence-electron chi connectivity index (χ4n) is 5.71. The molecule has 0 heterocycles. The van der Waals surface area contributed by atoms with Crippen molar-refractivity contribution in [3.05, 3.63) is 0 Å². The molecular weight excluding hydrogens is 450 g/mol. The minimum atomic E-state index is -1.00. The first-order valence-electron chi connectivity index (χ1n) is 7.52. The van der Waals surface area contributed by atoms with Crippen LogP contribution in [0.1, 0.15) is 51.4 Å². The molecule has 6 unspecified atom stereocenters. The van der Waals surface area contributed by atoms with E-state index in [1.807, 2.05) is 0 Å². The second-order valence-corrected chi connectivity index (χ2v) is 27.0. The van der Waals surface area contributed by atoms with Gasteiger partial charge >= 0.3 is 0 Å². The molecular formula is C14H22I2Si. The van der Waals surface area contributed by atoms with E-state index in [4.69, 9.17) is 0 Å². The van der Waals surface area contributed by atoms with Crippen molar-refractivity contribution in [2.75, 3.05) is 0 Å². The average Bonchev–Trinajstić information content (AvgIpc) is 3.07. The summed E-state index contributed by atoms with van der Waals surface area (Å²) in [6, 6.07) is 0. The summed E-state index contributed by atoms with van der Waals surface area (Å²) < 4.78 is -1.00. The van der Waals surface area contributed by atoms with Gasteiger partial charge in [-0.1, -0.05) is 25.7 Å². The van der Waals surface area contributed by atoms with E-state index in [0.717, 1.165) is 11.8 Å². The van der Waals surface area contributed by atoms with Crippen LogP contribution in [-0.2, 0) is 0 Å². The van der Waals surface area contributed by atoms with Crippen LogP contribution in [0.3, 0.4) is 0 Å². The fourth-order valence-corrected chi connectivity index (χ4v) is 18.6. The molecule has 3 heteroatoms. The maximum Gasteiger partial charge on any atom is 0.198 e. The summed E-state index contributed by atoms with van der Waals surface area (Å²) in [6.07, 6.45) is 12.9. The number of hydrogen-bond donors (Lipinski definition) is 0. The molecule has 4 aliphatic carbocycles. The van der Waals surface area contributed by atoms with Crippen molar-refractivity contribution in [2.24, 2.45) is 23.7 Å². The molecule has 4 saturated carbocycles. The molecule has 0 saturated heterocycles. The number of hydrogen-bond acceptors (Lipinski definition) is 0. The lowest BCUT2D eigenvalue weighted by Gasteiger charge is -2.40. The highest BCUT2D eigenvalue weighted by Gasteiger charge is 2.57. The molecule has 0 spiro atoms. The maximum absolute atomic E-state index is 3.02. The summed E-state index contributed by atoms with van der Waals surface area (Å²) in [5, 5.41) is 0. The molecule has 0 N–H and O–H groups in total. The van der Waals surface area contributed by atoms with Gasteiger partial charge < -0.3 is 0 Å². The molecule has 0 radical (unpaired) electrons. The van der Waals surface area contributed by atoms with Crippen LogP contribution < -0.4 is 0 Å². The van der Waals surface area contributed by atoms with Crippen LogP contribution in [-0.4, -0.2) is 3.07 Å². The van der Waals surface area contributed by atoms with Gasteiger partial charge in [0.05, 0.1) is 0 Å². The van der Waals surface area contributed by atoms with Crippen molar-refractivity contribution in [3.8, 4) is 0 Å². The zero-order chi connectivity index (χ0) is 11.6. The van der Waals surface area contributed by atoms with E-state index in [1.165, 1.54) is 22.9 Å². The van der Waals surface area contributed by atoms with Crippen LogP contribution in [0.15, 0.2) is 0 Å². The van der Waals surface area contributed by atoms with Gasteiger partial charge in [0.2, 0.25) is 0 Å². The monoisotopic (exact) mass is 472 g/mol. The second-order valence-electron chi connectivity index (χ2n) is 7.24. The van der Waals surface area contributed by atoms with Gasteiger partial charge in [-0.3, -0.25) is 0 Å². The Hall–Kier alpha value is 1.68. The third-order valence-electron chi connectivity index (χ3n) is 6.46. The van der Waals surface area contributed by atoms with Gasteiger partial charge in [-0.15, -0.1) is 43.6 Å². The first-order valence-corrected chi connectivity index (χ1v) is 15.9. The van der Waals surface area contributed by atoms with Gasteiger partial charge in [-0.25, -0.2) is 0 Å². The van der Waals surface area contributed by atoms with Crippen molar-refractivity contribution in [1.82, 2.24) is 0 Å². The highest BCUT2D eigenvalue weighted by molar-refractivity contribution is 14.3. The Morgan fingerprint density at radius 2 is 1.12 bits per heavy atom. The molecule has 0 aliphatic heterocycles. The minimum absolute atomic E-state index is 1.00. The van der Waals surface area contributed by atoms with E-state index in [1.54, 1.807) is 51.4 Å². The van der Waals surface area contributed by atoms with Gasteiger partial charge in [0.15, 0.2) is 3.07 Å². The topological polar surface area (TPSA) is 0 Å². The molecule has 6 atom stereocenters. The Balaban J connectivity index is 1.55. The summed E-state index contributed by atoms with van der Waals surface area (Å²) in [5.74, 6) is 4.64. The molecule has 17 heavy (non-hydrogen) atoms. The lowest BCUT2D eigenvalue weighted by molar-refractivity contribution is 0.444. The normalized spacial score (nSPS) is 52.6. The third kappa shape index (κ3) is 1.91. The number of fused-ring (bicyclic) bond motifs is 4. The molecule has 0 aromatic heterocycles. The number of rotatable bonds is 2. The summed E-state index contributed by atoms with van der Waals surface area (Å²) in [7, 11) is 0. The summed E-state index contributed by atoms with van der Waals surface area (Å²) in [4.78, 5) is 0. The SMILES string of the molecule is I[Si](I)(C1CC2CCC1C2)C1CC2CCC1C2. The van der Waals surface area contributed by atoms with E-state index in [9.17, 15) is 0 Å². The molecule has 96 valence electrons. The molecule has 4 bridgehead atoms. The van der Waals surface area contributed by atoms with Gasteiger partial charge in [0, 0.05) is 0 Å². The Morgan fingerprint density at radius 3 is 1.41 bits per heavy atom. The first kappa shape index (κ1) is 12.4. The van der Waals surface area contributed by atoms with Gasteiger partial charge in [0.1, 0.15) is 0 Å². The van der Waals surface area contributed by atoms with E-state index in [-0.39, 0.29) is 0 Å². The van der Waals surface area contributed by atoms with Crippen LogP contribution in [0, 0.1) is 23.7 Å². The van der Waals surface area contributed by atoms with Crippen LogP contribution >= 0.6 is 43.6 Å².